The second-order valence-corrected chi connectivity index (χ2v) is 2.59. The van der Waals surface area contributed by atoms with E-state index in [4.69, 9.17) is 5.73 Å². The van der Waals surface area contributed by atoms with E-state index in [-0.39, 0.29) is 0 Å². The van der Waals surface area contributed by atoms with E-state index in [9.17, 15) is 0 Å². The predicted octanol–water partition coefficient (Wildman–Crippen LogP) is 2.34. The Labute approximate surface area is 73.2 Å². The van der Waals surface area contributed by atoms with Gasteiger partial charge >= 0.3 is 0 Å². The van der Waals surface area contributed by atoms with E-state index in [1.165, 1.54) is 0 Å². The summed E-state index contributed by atoms with van der Waals surface area (Å²) < 4.78 is 0. The Morgan fingerprint density at radius 1 is 1.42 bits per heavy atom. The zero-order valence-corrected chi connectivity index (χ0v) is 7.09. The Kier molecular flexibility index (Phi) is 2.83. The molecule has 2 N–H and O–H groups in total. The summed E-state index contributed by atoms with van der Waals surface area (Å²) in [6, 6.07) is 7.96. The molecule has 0 aliphatic rings. The minimum Gasteiger partial charge on any atom is -0.326 e. The molecule has 0 radical (unpaired) electrons. The van der Waals surface area contributed by atoms with Crippen molar-refractivity contribution in [3.8, 4) is 0 Å². The van der Waals surface area contributed by atoms with Gasteiger partial charge in [-0.2, -0.15) is 0 Å². The number of benzene rings is 1. The van der Waals surface area contributed by atoms with Gasteiger partial charge in [0.15, 0.2) is 0 Å². The first-order valence-corrected chi connectivity index (χ1v) is 3.89. The molecule has 0 heterocycles. The monoisotopic (exact) mass is 159 g/mol. The molecule has 0 bridgehead atoms. The summed E-state index contributed by atoms with van der Waals surface area (Å²) in [5, 5.41) is 0. The first kappa shape index (κ1) is 8.75. The average molecular weight is 159 g/mol. The van der Waals surface area contributed by atoms with Gasteiger partial charge in [0.1, 0.15) is 0 Å². The van der Waals surface area contributed by atoms with E-state index in [0.717, 1.165) is 16.7 Å². The third-order valence-corrected chi connectivity index (χ3v) is 1.83. The molecule has 62 valence electrons. The summed E-state index contributed by atoms with van der Waals surface area (Å²) in [5.74, 6) is 0. The lowest BCUT2D eigenvalue weighted by atomic mass is 10.0. The molecular formula is C11H13N. The van der Waals surface area contributed by atoms with Crippen LogP contribution in [-0.2, 0) is 6.54 Å². The Morgan fingerprint density at radius 3 is 2.67 bits per heavy atom. The first-order chi connectivity index (χ1) is 5.79. The summed E-state index contributed by atoms with van der Waals surface area (Å²) in [4.78, 5) is 0. The highest BCUT2D eigenvalue weighted by molar-refractivity contribution is 5.73. The van der Waals surface area contributed by atoms with Gasteiger partial charge in [-0.15, -0.1) is 0 Å². The fraction of sp³-hybridized carbons (Fsp3) is 0.0909. The van der Waals surface area contributed by atoms with Crippen LogP contribution in [0.5, 0.6) is 0 Å². The SMILES string of the molecule is C=CC(=C)c1ccccc1CN. The third-order valence-electron chi connectivity index (χ3n) is 1.83. The molecule has 0 spiro atoms. The van der Waals surface area contributed by atoms with Gasteiger partial charge in [0.2, 0.25) is 0 Å². The fourth-order valence-electron chi connectivity index (χ4n) is 1.12. The summed E-state index contributed by atoms with van der Waals surface area (Å²) in [6.45, 7) is 8.10. The van der Waals surface area contributed by atoms with Crippen LogP contribution in [0.3, 0.4) is 0 Å². The smallest absolute Gasteiger partial charge is 0.0184 e. The summed E-state index contributed by atoms with van der Waals surface area (Å²) in [7, 11) is 0. The van der Waals surface area contributed by atoms with Crippen LogP contribution in [0.4, 0.5) is 0 Å². The van der Waals surface area contributed by atoms with Crippen molar-refractivity contribution in [2.24, 2.45) is 5.73 Å². The van der Waals surface area contributed by atoms with Crippen molar-refractivity contribution >= 4 is 5.57 Å². The lowest BCUT2D eigenvalue weighted by Gasteiger charge is -2.05. The molecule has 0 fully saturated rings. The molecule has 0 saturated carbocycles. The minimum atomic E-state index is 0.545. The highest BCUT2D eigenvalue weighted by Gasteiger charge is 1.99. The number of hydrogen-bond acceptors (Lipinski definition) is 1. The maximum atomic E-state index is 5.57. The van der Waals surface area contributed by atoms with Gasteiger partial charge < -0.3 is 5.73 Å². The highest BCUT2D eigenvalue weighted by Crippen LogP contribution is 2.17. The normalized spacial score (nSPS) is 9.42. The van der Waals surface area contributed by atoms with Gasteiger partial charge in [-0.1, -0.05) is 43.5 Å². The van der Waals surface area contributed by atoms with Crippen molar-refractivity contribution in [3.63, 3.8) is 0 Å². The first-order valence-electron chi connectivity index (χ1n) is 3.89. The van der Waals surface area contributed by atoms with Crippen molar-refractivity contribution in [2.75, 3.05) is 0 Å². The maximum absolute atomic E-state index is 5.57. The number of rotatable bonds is 3. The van der Waals surface area contributed by atoms with Gasteiger partial charge in [0.05, 0.1) is 0 Å². The van der Waals surface area contributed by atoms with Crippen LogP contribution >= 0.6 is 0 Å². The second-order valence-electron chi connectivity index (χ2n) is 2.59. The Hall–Kier alpha value is -1.34. The molecule has 0 aromatic heterocycles. The van der Waals surface area contributed by atoms with Crippen LogP contribution in [0.15, 0.2) is 43.5 Å². The number of hydrogen-bond donors (Lipinski definition) is 1. The molecule has 1 aromatic carbocycles. The molecule has 1 heteroatoms. The molecule has 0 saturated heterocycles. The predicted molar refractivity (Wildman–Crippen MR) is 53.6 cm³/mol. The number of allylic oxidation sites excluding steroid dienone is 2. The quantitative estimate of drug-likeness (QED) is 0.673. The van der Waals surface area contributed by atoms with Gasteiger partial charge in [-0.25, -0.2) is 0 Å². The largest absolute Gasteiger partial charge is 0.326 e. The average Bonchev–Trinajstić information content (AvgIpc) is 2.16. The van der Waals surface area contributed by atoms with Crippen LogP contribution in [0, 0.1) is 0 Å². The Bertz CT molecular complexity index is 300. The Balaban J connectivity index is 3.13. The van der Waals surface area contributed by atoms with Crippen LogP contribution in [0.1, 0.15) is 11.1 Å². The van der Waals surface area contributed by atoms with Gasteiger partial charge in [0, 0.05) is 6.54 Å². The minimum absolute atomic E-state index is 0.545. The highest BCUT2D eigenvalue weighted by atomic mass is 14.5. The molecule has 0 unspecified atom stereocenters. The van der Waals surface area contributed by atoms with Gasteiger partial charge in [-0.05, 0) is 16.7 Å². The van der Waals surface area contributed by atoms with Gasteiger partial charge in [-0.3, -0.25) is 0 Å². The standard InChI is InChI=1S/C11H13N/c1-3-9(2)11-7-5-4-6-10(11)8-12/h3-7H,1-2,8,12H2. The summed E-state index contributed by atoms with van der Waals surface area (Å²) in [5.41, 5.74) is 8.70. The zero-order valence-electron chi connectivity index (χ0n) is 7.09. The van der Waals surface area contributed by atoms with Crippen molar-refractivity contribution in [1.82, 2.24) is 0 Å². The lowest BCUT2D eigenvalue weighted by Crippen LogP contribution is -1.99. The fourth-order valence-corrected chi connectivity index (χ4v) is 1.12. The zero-order chi connectivity index (χ0) is 8.97. The van der Waals surface area contributed by atoms with E-state index >= 15 is 0 Å². The molecule has 0 amide bonds. The van der Waals surface area contributed by atoms with E-state index in [1.807, 2.05) is 24.3 Å². The summed E-state index contributed by atoms with van der Waals surface area (Å²) >= 11 is 0. The van der Waals surface area contributed by atoms with E-state index in [0.29, 0.717) is 6.54 Å². The Morgan fingerprint density at radius 2 is 2.08 bits per heavy atom. The van der Waals surface area contributed by atoms with E-state index in [2.05, 4.69) is 13.2 Å². The van der Waals surface area contributed by atoms with Crippen molar-refractivity contribution in [2.45, 2.75) is 6.54 Å². The van der Waals surface area contributed by atoms with Crippen molar-refractivity contribution in [1.29, 1.82) is 0 Å². The van der Waals surface area contributed by atoms with Crippen molar-refractivity contribution in [3.05, 3.63) is 54.6 Å². The van der Waals surface area contributed by atoms with Crippen LogP contribution in [0.2, 0.25) is 0 Å². The van der Waals surface area contributed by atoms with E-state index in [1.54, 1.807) is 6.08 Å². The third kappa shape index (κ3) is 1.63. The van der Waals surface area contributed by atoms with Crippen LogP contribution in [-0.4, -0.2) is 0 Å². The van der Waals surface area contributed by atoms with Gasteiger partial charge in [0.25, 0.3) is 0 Å². The summed E-state index contributed by atoms with van der Waals surface area (Å²) in [6.07, 6.45) is 1.74. The topological polar surface area (TPSA) is 26.0 Å². The number of nitrogens with two attached hydrogens (primary N) is 1. The lowest BCUT2D eigenvalue weighted by molar-refractivity contribution is 1.06. The van der Waals surface area contributed by atoms with Crippen LogP contribution in [0.25, 0.3) is 5.57 Å². The molecule has 12 heavy (non-hydrogen) atoms. The van der Waals surface area contributed by atoms with E-state index < -0.39 is 0 Å². The molecule has 0 atom stereocenters. The molecule has 1 rings (SSSR count). The van der Waals surface area contributed by atoms with Crippen LogP contribution < -0.4 is 5.73 Å². The molecule has 1 aromatic rings. The molecule has 0 aliphatic heterocycles. The molecular weight excluding hydrogens is 146 g/mol. The molecule has 0 aliphatic carbocycles. The second kappa shape index (κ2) is 3.88. The van der Waals surface area contributed by atoms with Crippen molar-refractivity contribution < 1.29 is 0 Å². The maximum Gasteiger partial charge on any atom is 0.0184 e. The molecule has 1 nitrogen and oxygen atoms in total.